The number of hydrogen-bond acceptors (Lipinski definition) is 4. The van der Waals surface area contributed by atoms with Crippen molar-refractivity contribution in [2.24, 2.45) is 0 Å². The summed E-state index contributed by atoms with van der Waals surface area (Å²) in [5, 5.41) is 0. The van der Waals surface area contributed by atoms with E-state index in [0.717, 1.165) is 12.8 Å². The molecule has 116 valence electrons. The van der Waals surface area contributed by atoms with Gasteiger partial charge in [-0.05, 0) is 60.4 Å². The average molecular weight is 374 g/mol. The zero-order chi connectivity index (χ0) is 15.2. The number of fused-ring (bicyclic) bond motifs is 2. The maximum atomic E-state index is 12.8. The molecule has 0 aliphatic carbocycles. The first kappa shape index (κ1) is 15.3. The van der Waals surface area contributed by atoms with Crippen LogP contribution in [0.1, 0.15) is 19.3 Å². The molecule has 0 radical (unpaired) electrons. The molecule has 1 aromatic rings. The lowest BCUT2D eigenvalue weighted by Gasteiger charge is -2.25. The largest absolute Gasteiger partial charge is 0.398 e. The Morgan fingerprint density at radius 3 is 2.67 bits per heavy atom. The van der Waals surface area contributed by atoms with Crippen LogP contribution in [0.2, 0.25) is 0 Å². The highest BCUT2D eigenvalue weighted by molar-refractivity contribution is 9.10. The van der Waals surface area contributed by atoms with E-state index in [0.29, 0.717) is 40.2 Å². The lowest BCUT2D eigenvalue weighted by molar-refractivity contribution is 0.246. The molecule has 5 nitrogen and oxygen atoms in total. The molecule has 21 heavy (non-hydrogen) atoms. The van der Waals surface area contributed by atoms with Crippen LogP contribution in [0.4, 0.5) is 5.69 Å². The number of halogens is 1. The fraction of sp³-hybridized carbons (Fsp3) is 0.571. The number of benzene rings is 1. The van der Waals surface area contributed by atoms with E-state index in [2.05, 4.69) is 27.9 Å². The monoisotopic (exact) mass is 373 g/mol. The van der Waals surface area contributed by atoms with Crippen LogP contribution in [0.25, 0.3) is 0 Å². The van der Waals surface area contributed by atoms with Crippen LogP contribution in [0.15, 0.2) is 27.6 Å². The van der Waals surface area contributed by atoms with Gasteiger partial charge in [0.15, 0.2) is 0 Å². The maximum absolute atomic E-state index is 12.8. The molecule has 2 atom stereocenters. The molecule has 1 aromatic carbocycles. The minimum Gasteiger partial charge on any atom is -0.398 e. The summed E-state index contributed by atoms with van der Waals surface area (Å²) in [5.41, 5.74) is 6.29. The standard InChI is InChI=1S/C14H20BrN3O2S/c1-17-10-2-3-11(17)9-18(7-6-10)21(19,20)12-4-5-14(16)13(15)8-12/h4-5,8,10-11H,2-3,6-7,9,16H2,1H3. The predicted octanol–water partition coefficient (Wildman–Crippen LogP) is 1.89. The van der Waals surface area contributed by atoms with E-state index in [1.165, 1.54) is 6.42 Å². The summed E-state index contributed by atoms with van der Waals surface area (Å²) in [7, 11) is -1.34. The van der Waals surface area contributed by atoms with Crippen molar-refractivity contribution in [3.8, 4) is 0 Å². The number of nitrogens with two attached hydrogens (primary N) is 1. The lowest BCUT2D eigenvalue weighted by atomic mass is 10.1. The summed E-state index contributed by atoms with van der Waals surface area (Å²) in [4.78, 5) is 2.65. The third-order valence-electron chi connectivity index (χ3n) is 4.72. The van der Waals surface area contributed by atoms with Gasteiger partial charge in [-0.25, -0.2) is 8.42 Å². The van der Waals surface area contributed by atoms with E-state index in [1.807, 2.05) is 0 Å². The fourth-order valence-electron chi connectivity index (χ4n) is 3.31. The molecular formula is C14H20BrN3O2S. The third-order valence-corrected chi connectivity index (χ3v) is 7.27. The number of nitrogens with zero attached hydrogens (tertiary/aromatic N) is 2. The molecule has 7 heteroatoms. The summed E-state index contributed by atoms with van der Waals surface area (Å²) in [5.74, 6) is 0. The number of likely N-dealkylation sites (N-methyl/N-ethyl adjacent to an activating group) is 1. The first-order valence-electron chi connectivity index (χ1n) is 7.16. The number of hydrogen-bond donors (Lipinski definition) is 1. The Bertz CT molecular complexity index is 650. The topological polar surface area (TPSA) is 66.6 Å². The molecule has 2 aliphatic rings. The molecule has 3 rings (SSSR count). The normalized spacial score (nSPS) is 27.7. The highest BCUT2D eigenvalue weighted by atomic mass is 79.9. The van der Waals surface area contributed by atoms with Crippen LogP contribution in [-0.2, 0) is 10.0 Å². The van der Waals surface area contributed by atoms with Gasteiger partial charge in [-0.2, -0.15) is 4.31 Å². The van der Waals surface area contributed by atoms with Crippen LogP contribution < -0.4 is 5.73 Å². The zero-order valence-corrected chi connectivity index (χ0v) is 14.4. The number of anilines is 1. The van der Waals surface area contributed by atoms with Gasteiger partial charge in [-0.15, -0.1) is 0 Å². The van der Waals surface area contributed by atoms with Gasteiger partial charge in [-0.1, -0.05) is 0 Å². The van der Waals surface area contributed by atoms with E-state index in [4.69, 9.17) is 5.73 Å². The first-order chi connectivity index (χ1) is 9.89. The van der Waals surface area contributed by atoms with E-state index < -0.39 is 10.0 Å². The SMILES string of the molecule is CN1C2CCC1CN(S(=O)(=O)c1ccc(N)c(Br)c1)CC2. The Morgan fingerprint density at radius 2 is 1.95 bits per heavy atom. The van der Waals surface area contributed by atoms with Gasteiger partial charge >= 0.3 is 0 Å². The van der Waals surface area contributed by atoms with Crippen LogP contribution in [-0.4, -0.2) is 49.8 Å². The molecule has 0 amide bonds. The second-order valence-corrected chi connectivity index (χ2v) is 8.68. The number of nitrogen functional groups attached to an aromatic ring is 1. The van der Waals surface area contributed by atoms with Crippen molar-refractivity contribution in [1.82, 2.24) is 9.21 Å². The van der Waals surface area contributed by atoms with Crippen molar-refractivity contribution >= 4 is 31.6 Å². The Labute approximate surface area is 134 Å². The van der Waals surface area contributed by atoms with Gasteiger partial charge in [0.05, 0.1) is 4.90 Å². The molecule has 0 saturated carbocycles. The summed E-state index contributed by atoms with van der Waals surface area (Å²) in [6, 6.07) is 5.67. The van der Waals surface area contributed by atoms with Gasteiger partial charge < -0.3 is 5.73 Å². The van der Waals surface area contributed by atoms with E-state index in [1.54, 1.807) is 22.5 Å². The molecule has 2 aliphatic heterocycles. The van der Waals surface area contributed by atoms with Gasteiger partial charge in [0.25, 0.3) is 0 Å². The molecule has 2 N–H and O–H groups in total. The van der Waals surface area contributed by atoms with Crippen LogP contribution in [0.5, 0.6) is 0 Å². The Hall–Kier alpha value is -0.630. The smallest absolute Gasteiger partial charge is 0.243 e. The molecule has 0 aromatic heterocycles. The maximum Gasteiger partial charge on any atom is 0.243 e. The molecule has 0 spiro atoms. The van der Waals surface area contributed by atoms with Crippen LogP contribution in [0, 0.1) is 0 Å². The summed E-state index contributed by atoms with van der Waals surface area (Å²) < 4.78 is 27.9. The van der Waals surface area contributed by atoms with Crippen LogP contribution in [0.3, 0.4) is 0 Å². The van der Waals surface area contributed by atoms with Crippen molar-refractivity contribution in [1.29, 1.82) is 0 Å². The molecule has 2 fully saturated rings. The van der Waals surface area contributed by atoms with Crippen molar-refractivity contribution in [2.45, 2.75) is 36.2 Å². The highest BCUT2D eigenvalue weighted by Crippen LogP contribution is 2.32. The van der Waals surface area contributed by atoms with Crippen molar-refractivity contribution in [2.75, 3.05) is 25.9 Å². The van der Waals surface area contributed by atoms with E-state index in [9.17, 15) is 8.42 Å². The molecule has 2 unspecified atom stereocenters. The van der Waals surface area contributed by atoms with Crippen molar-refractivity contribution < 1.29 is 8.42 Å². The quantitative estimate of drug-likeness (QED) is 0.803. The Kier molecular flexibility index (Phi) is 4.02. The predicted molar refractivity (Wildman–Crippen MR) is 86.5 cm³/mol. The van der Waals surface area contributed by atoms with Crippen molar-refractivity contribution in [3.63, 3.8) is 0 Å². The highest BCUT2D eigenvalue weighted by Gasteiger charge is 2.38. The van der Waals surface area contributed by atoms with Crippen LogP contribution >= 0.6 is 15.9 Å². The lowest BCUT2D eigenvalue weighted by Crippen LogP contribution is -2.39. The van der Waals surface area contributed by atoms with Gasteiger partial charge in [0, 0.05) is 35.3 Å². The number of sulfonamides is 1. The third kappa shape index (κ3) is 2.72. The van der Waals surface area contributed by atoms with Gasteiger partial charge in [0.2, 0.25) is 10.0 Å². The molecular weight excluding hydrogens is 354 g/mol. The second-order valence-electron chi connectivity index (χ2n) is 5.89. The molecule has 2 saturated heterocycles. The van der Waals surface area contributed by atoms with Crippen molar-refractivity contribution in [3.05, 3.63) is 22.7 Å². The summed E-state index contributed by atoms with van der Waals surface area (Å²) in [6.07, 6.45) is 3.17. The Morgan fingerprint density at radius 1 is 1.24 bits per heavy atom. The van der Waals surface area contributed by atoms with Gasteiger partial charge in [0.1, 0.15) is 0 Å². The average Bonchev–Trinajstić information content (AvgIpc) is 2.65. The zero-order valence-electron chi connectivity index (χ0n) is 12.0. The minimum absolute atomic E-state index is 0.309. The molecule has 2 bridgehead atoms. The van der Waals surface area contributed by atoms with E-state index in [-0.39, 0.29) is 0 Å². The summed E-state index contributed by atoms with van der Waals surface area (Å²) in [6.45, 7) is 1.17. The first-order valence-corrected chi connectivity index (χ1v) is 9.40. The second kappa shape index (κ2) is 5.53. The Balaban J connectivity index is 1.89. The minimum atomic E-state index is -3.45. The van der Waals surface area contributed by atoms with Gasteiger partial charge in [-0.3, -0.25) is 4.90 Å². The summed E-state index contributed by atoms with van der Waals surface area (Å²) >= 11 is 3.30. The molecule has 2 heterocycles. The number of rotatable bonds is 2. The fourth-order valence-corrected chi connectivity index (χ4v) is 5.36. The van der Waals surface area contributed by atoms with E-state index >= 15 is 0 Å².